The Morgan fingerprint density at radius 2 is 1.92 bits per heavy atom. The lowest BCUT2D eigenvalue weighted by Crippen LogP contribution is -1.90. The van der Waals surface area contributed by atoms with E-state index in [4.69, 9.17) is 0 Å². The van der Waals surface area contributed by atoms with Gasteiger partial charge in [-0.25, -0.2) is 0 Å². The van der Waals surface area contributed by atoms with E-state index in [1.54, 1.807) is 6.92 Å². The molecule has 1 aromatic rings. The van der Waals surface area contributed by atoms with Gasteiger partial charge in [-0.2, -0.15) is 4.91 Å². The van der Waals surface area contributed by atoms with Crippen molar-refractivity contribution < 1.29 is 0 Å². The molecule has 1 unspecified atom stereocenters. The van der Waals surface area contributed by atoms with Gasteiger partial charge in [-0.15, -0.1) is 0 Å². The number of rotatable bonds is 2. The van der Waals surface area contributed by atoms with Crippen molar-refractivity contribution in [3.63, 3.8) is 0 Å². The van der Waals surface area contributed by atoms with Crippen LogP contribution in [0.1, 0.15) is 29.7 Å². The fourth-order valence-corrected chi connectivity index (χ4v) is 1.09. The summed E-state index contributed by atoms with van der Waals surface area (Å²) in [4.78, 5) is 10.3. The second-order valence-electron chi connectivity index (χ2n) is 3.13. The average Bonchev–Trinajstić information content (AvgIpc) is 2.08. The Morgan fingerprint density at radius 3 is 2.42 bits per heavy atom. The van der Waals surface area contributed by atoms with E-state index in [9.17, 15) is 4.91 Å². The molecule has 2 heteroatoms. The van der Waals surface area contributed by atoms with Crippen LogP contribution in [0.25, 0.3) is 0 Å². The lowest BCUT2D eigenvalue weighted by atomic mass is 10.0. The lowest BCUT2D eigenvalue weighted by molar-refractivity contribution is 0.809. The molecular formula is C10H13NO. The van der Waals surface area contributed by atoms with Crippen LogP contribution in [0.4, 0.5) is 0 Å². The Kier molecular flexibility index (Phi) is 2.58. The molecular weight excluding hydrogens is 150 g/mol. The Morgan fingerprint density at radius 1 is 1.25 bits per heavy atom. The van der Waals surface area contributed by atoms with Gasteiger partial charge in [0.05, 0.1) is 0 Å². The molecule has 12 heavy (non-hydrogen) atoms. The summed E-state index contributed by atoms with van der Waals surface area (Å²) in [6.07, 6.45) is 0. The highest BCUT2D eigenvalue weighted by Gasteiger charge is 2.04. The van der Waals surface area contributed by atoms with Crippen molar-refractivity contribution in [1.29, 1.82) is 0 Å². The first kappa shape index (κ1) is 8.91. The van der Waals surface area contributed by atoms with Crippen LogP contribution in [0.3, 0.4) is 0 Å². The zero-order chi connectivity index (χ0) is 9.14. The van der Waals surface area contributed by atoms with Crippen LogP contribution in [0, 0.1) is 18.8 Å². The second kappa shape index (κ2) is 3.48. The van der Waals surface area contributed by atoms with Crippen LogP contribution in [0.5, 0.6) is 0 Å². The van der Waals surface area contributed by atoms with Gasteiger partial charge in [-0.1, -0.05) is 23.4 Å². The van der Waals surface area contributed by atoms with Crippen molar-refractivity contribution in [3.05, 3.63) is 39.8 Å². The Balaban J connectivity index is 3.04. The van der Waals surface area contributed by atoms with Crippen molar-refractivity contribution >= 4 is 0 Å². The first-order valence-corrected chi connectivity index (χ1v) is 4.04. The first-order chi connectivity index (χ1) is 5.65. The third kappa shape index (κ3) is 1.70. The molecule has 0 heterocycles. The fourth-order valence-electron chi connectivity index (χ4n) is 1.09. The van der Waals surface area contributed by atoms with Gasteiger partial charge in [0.25, 0.3) is 0 Å². The van der Waals surface area contributed by atoms with Crippen LogP contribution < -0.4 is 0 Å². The Labute approximate surface area is 72.6 Å². The fraction of sp³-hybridized carbons (Fsp3) is 0.400. The quantitative estimate of drug-likeness (QED) is 0.616. The molecule has 0 aliphatic heterocycles. The molecule has 1 aromatic carbocycles. The molecule has 0 bridgehead atoms. The number of nitrogens with zero attached hydrogens (tertiary/aromatic N) is 1. The molecule has 64 valence electrons. The lowest BCUT2D eigenvalue weighted by Gasteiger charge is -2.05. The van der Waals surface area contributed by atoms with Crippen LogP contribution in [0.2, 0.25) is 0 Å². The van der Waals surface area contributed by atoms with Crippen molar-refractivity contribution in [3.8, 4) is 0 Å². The molecule has 0 amide bonds. The SMILES string of the molecule is Cc1ccc(C(C)N=O)cc1C. The molecule has 0 aromatic heterocycles. The second-order valence-corrected chi connectivity index (χ2v) is 3.13. The van der Waals surface area contributed by atoms with E-state index in [0.29, 0.717) is 0 Å². The van der Waals surface area contributed by atoms with Gasteiger partial charge in [0.15, 0.2) is 0 Å². The van der Waals surface area contributed by atoms with Gasteiger partial charge in [-0.05, 0) is 37.5 Å². The monoisotopic (exact) mass is 163 g/mol. The van der Waals surface area contributed by atoms with E-state index in [2.05, 4.69) is 12.1 Å². The average molecular weight is 163 g/mol. The van der Waals surface area contributed by atoms with Crippen molar-refractivity contribution in [2.75, 3.05) is 0 Å². The molecule has 1 atom stereocenters. The number of hydrogen-bond donors (Lipinski definition) is 0. The summed E-state index contributed by atoms with van der Waals surface area (Å²) in [6.45, 7) is 5.89. The first-order valence-electron chi connectivity index (χ1n) is 4.04. The summed E-state index contributed by atoms with van der Waals surface area (Å²) < 4.78 is 0. The van der Waals surface area contributed by atoms with Crippen LogP contribution in [-0.2, 0) is 0 Å². The van der Waals surface area contributed by atoms with Crippen molar-refractivity contribution in [2.45, 2.75) is 26.8 Å². The molecule has 1 rings (SSSR count). The summed E-state index contributed by atoms with van der Waals surface area (Å²) >= 11 is 0. The highest BCUT2D eigenvalue weighted by atomic mass is 16.3. The summed E-state index contributed by atoms with van der Waals surface area (Å²) in [7, 11) is 0. The summed E-state index contributed by atoms with van der Waals surface area (Å²) in [5.41, 5.74) is 3.45. The predicted molar refractivity (Wildman–Crippen MR) is 50.1 cm³/mol. The molecule has 0 aliphatic carbocycles. The largest absolute Gasteiger partial charge is 0.150 e. The van der Waals surface area contributed by atoms with Gasteiger partial charge in [0.2, 0.25) is 0 Å². The zero-order valence-electron chi connectivity index (χ0n) is 7.66. The van der Waals surface area contributed by atoms with E-state index in [1.165, 1.54) is 11.1 Å². The van der Waals surface area contributed by atoms with E-state index in [0.717, 1.165) is 5.56 Å². The normalized spacial score (nSPS) is 12.6. The van der Waals surface area contributed by atoms with Gasteiger partial charge in [0.1, 0.15) is 6.04 Å². The maximum atomic E-state index is 10.3. The van der Waals surface area contributed by atoms with Crippen molar-refractivity contribution in [2.24, 2.45) is 5.18 Å². The maximum Gasteiger partial charge on any atom is 0.114 e. The smallest absolute Gasteiger partial charge is 0.114 e. The topological polar surface area (TPSA) is 29.4 Å². The van der Waals surface area contributed by atoms with Crippen LogP contribution >= 0.6 is 0 Å². The summed E-state index contributed by atoms with van der Waals surface area (Å²) in [6, 6.07) is 5.76. The van der Waals surface area contributed by atoms with Gasteiger partial charge < -0.3 is 0 Å². The van der Waals surface area contributed by atoms with E-state index in [1.807, 2.05) is 25.1 Å². The summed E-state index contributed by atoms with van der Waals surface area (Å²) in [5, 5.41) is 2.98. The molecule has 0 saturated heterocycles. The van der Waals surface area contributed by atoms with E-state index < -0.39 is 0 Å². The molecule has 0 fully saturated rings. The zero-order valence-corrected chi connectivity index (χ0v) is 7.66. The highest BCUT2D eigenvalue weighted by molar-refractivity contribution is 5.31. The standard InChI is InChI=1S/C10H13NO/c1-7-4-5-10(6-8(7)2)9(3)11-12/h4-6,9H,1-3H3. The van der Waals surface area contributed by atoms with E-state index >= 15 is 0 Å². The number of hydrogen-bond acceptors (Lipinski definition) is 2. The minimum Gasteiger partial charge on any atom is -0.150 e. The van der Waals surface area contributed by atoms with Crippen molar-refractivity contribution in [1.82, 2.24) is 0 Å². The Bertz CT molecular complexity index is 294. The molecule has 0 spiro atoms. The van der Waals surface area contributed by atoms with Gasteiger partial charge in [0, 0.05) is 0 Å². The molecule has 0 aliphatic rings. The number of benzene rings is 1. The van der Waals surface area contributed by atoms with E-state index in [-0.39, 0.29) is 6.04 Å². The minimum absolute atomic E-state index is 0.232. The van der Waals surface area contributed by atoms with Crippen LogP contribution in [-0.4, -0.2) is 0 Å². The third-order valence-electron chi connectivity index (χ3n) is 2.17. The van der Waals surface area contributed by atoms with Gasteiger partial charge >= 0.3 is 0 Å². The maximum absolute atomic E-state index is 10.3. The minimum atomic E-state index is -0.232. The highest BCUT2D eigenvalue weighted by Crippen LogP contribution is 2.18. The third-order valence-corrected chi connectivity index (χ3v) is 2.17. The molecule has 2 nitrogen and oxygen atoms in total. The predicted octanol–water partition coefficient (Wildman–Crippen LogP) is 3.13. The summed E-state index contributed by atoms with van der Waals surface area (Å²) in [5.74, 6) is 0. The Hall–Kier alpha value is -1.18. The molecule has 0 radical (unpaired) electrons. The molecule has 0 saturated carbocycles. The number of nitroso groups, excluding NO2 is 1. The van der Waals surface area contributed by atoms with Gasteiger partial charge in [-0.3, -0.25) is 0 Å². The van der Waals surface area contributed by atoms with Crippen LogP contribution in [0.15, 0.2) is 23.4 Å². The molecule has 0 N–H and O–H groups in total. The number of aryl methyl sites for hydroxylation is 2.